The summed E-state index contributed by atoms with van der Waals surface area (Å²) in [5, 5.41) is 17.3. The summed E-state index contributed by atoms with van der Waals surface area (Å²) in [5.74, 6) is -0.0732. The third-order valence-corrected chi connectivity index (χ3v) is 5.96. The fraction of sp³-hybridized carbons (Fsp3) is 0.118. The minimum Gasteiger partial charge on any atom is -0.398 e. The predicted molar refractivity (Wildman–Crippen MR) is 123 cm³/mol. The molecule has 0 atom stereocenters. The Hall–Kier alpha value is -3.77. The first-order chi connectivity index (χ1) is 15.9. The summed E-state index contributed by atoms with van der Waals surface area (Å²) in [7, 11) is -9.08. The van der Waals surface area contributed by atoms with Gasteiger partial charge in [-0.3, -0.25) is 9.11 Å². The van der Waals surface area contributed by atoms with Crippen molar-refractivity contribution in [2.45, 2.75) is 9.79 Å². The number of aliphatic hydroxyl groups excluding tert-OH is 1. The standard InChI is InChI=1S/C17H20N8O7S2/c18-11-3-1-10(8-14(11)34(30,31)32)22-17-24-15(20-5-6-26)23-16(25-17)21-9-2-4-13(12(19)7-9)33(27,28)29/h1-4,7-8,26H,5-6,18-19H2,(H,27,28,29)(H,30,31,32)(H3,20,21,22,23,24,25). The molecule has 15 nitrogen and oxygen atoms in total. The summed E-state index contributed by atoms with van der Waals surface area (Å²) in [4.78, 5) is 11.4. The number of aromatic nitrogens is 3. The van der Waals surface area contributed by atoms with E-state index in [4.69, 9.17) is 16.6 Å². The SMILES string of the molecule is Nc1cc(Nc2nc(NCCO)nc(Nc3ccc(N)c(S(=O)(=O)O)c3)n2)ccc1S(=O)(=O)O. The van der Waals surface area contributed by atoms with Gasteiger partial charge in [-0.15, -0.1) is 0 Å². The van der Waals surface area contributed by atoms with Crippen LogP contribution in [0, 0.1) is 0 Å². The molecule has 0 amide bonds. The average Bonchev–Trinajstić information content (AvgIpc) is 2.72. The third kappa shape index (κ3) is 6.17. The number of benzene rings is 2. The van der Waals surface area contributed by atoms with Crippen molar-refractivity contribution in [3.05, 3.63) is 36.4 Å². The molecule has 0 fully saturated rings. The lowest BCUT2D eigenvalue weighted by molar-refractivity contribution is 0.311. The maximum Gasteiger partial charge on any atom is 0.296 e. The Labute approximate surface area is 193 Å². The van der Waals surface area contributed by atoms with Crippen LogP contribution in [-0.2, 0) is 20.2 Å². The highest BCUT2D eigenvalue weighted by Gasteiger charge is 2.17. The van der Waals surface area contributed by atoms with Crippen molar-refractivity contribution in [3.63, 3.8) is 0 Å². The topological polar surface area (TPSA) is 256 Å². The van der Waals surface area contributed by atoms with Crippen LogP contribution in [0.5, 0.6) is 0 Å². The number of nitrogens with two attached hydrogens (primary N) is 2. The van der Waals surface area contributed by atoms with Crippen molar-refractivity contribution in [2.75, 3.05) is 40.6 Å². The Bertz CT molecular complexity index is 1430. The van der Waals surface area contributed by atoms with E-state index in [1.165, 1.54) is 24.3 Å². The van der Waals surface area contributed by atoms with E-state index in [1.807, 2.05) is 0 Å². The van der Waals surface area contributed by atoms with Crippen LogP contribution in [0.1, 0.15) is 0 Å². The minimum atomic E-state index is -4.58. The summed E-state index contributed by atoms with van der Waals surface area (Å²) in [6.45, 7) is -0.117. The zero-order chi connectivity index (χ0) is 25.1. The lowest BCUT2D eigenvalue weighted by Crippen LogP contribution is -2.12. The van der Waals surface area contributed by atoms with E-state index in [1.54, 1.807) is 0 Å². The lowest BCUT2D eigenvalue weighted by Gasteiger charge is -2.12. The highest BCUT2D eigenvalue weighted by molar-refractivity contribution is 7.86. The molecule has 0 bridgehead atoms. The predicted octanol–water partition coefficient (Wildman–Crippen LogP) is 0.421. The van der Waals surface area contributed by atoms with Gasteiger partial charge in [0.05, 0.1) is 18.0 Å². The van der Waals surface area contributed by atoms with Crippen LogP contribution in [-0.4, -0.2) is 59.2 Å². The van der Waals surface area contributed by atoms with E-state index in [0.717, 1.165) is 12.1 Å². The second-order valence-corrected chi connectivity index (χ2v) is 9.44. The van der Waals surface area contributed by atoms with E-state index < -0.39 is 30.0 Å². The van der Waals surface area contributed by atoms with Crippen LogP contribution in [0.15, 0.2) is 46.2 Å². The Balaban J connectivity index is 1.95. The molecule has 10 N–H and O–H groups in total. The lowest BCUT2D eigenvalue weighted by atomic mass is 10.3. The second-order valence-electron chi connectivity index (χ2n) is 6.66. The first kappa shape index (κ1) is 24.9. The zero-order valence-corrected chi connectivity index (χ0v) is 18.8. The van der Waals surface area contributed by atoms with Crippen molar-refractivity contribution < 1.29 is 31.0 Å². The maximum absolute atomic E-state index is 11.5. The number of nitrogens with one attached hydrogen (secondary N) is 3. The summed E-state index contributed by atoms with van der Waals surface area (Å²) >= 11 is 0. The van der Waals surface area contributed by atoms with Crippen molar-refractivity contribution in [1.29, 1.82) is 0 Å². The molecule has 3 rings (SSSR count). The largest absolute Gasteiger partial charge is 0.398 e. The third-order valence-electron chi connectivity index (χ3n) is 4.12. The highest BCUT2D eigenvalue weighted by atomic mass is 32.2. The van der Waals surface area contributed by atoms with Crippen molar-refractivity contribution in [2.24, 2.45) is 0 Å². The molecule has 1 aromatic heterocycles. The van der Waals surface area contributed by atoms with Crippen molar-refractivity contribution >= 4 is 60.8 Å². The summed E-state index contributed by atoms with van der Waals surface area (Å²) in [5.41, 5.74) is 11.3. The van der Waals surface area contributed by atoms with Gasteiger partial charge in [-0.1, -0.05) is 0 Å². The quantitative estimate of drug-likeness (QED) is 0.143. The molecule has 0 saturated carbocycles. The molecular formula is C17H20N8O7S2. The second kappa shape index (κ2) is 9.61. The van der Waals surface area contributed by atoms with Gasteiger partial charge in [0.1, 0.15) is 9.79 Å². The number of nitrogens with zero attached hydrogens (tertiary/aromatic N) is 3. The number of rotatable bonds is 9. The van der Waals surface area contributed by atoms with Gasteiger partial charge in [-0.25, -0.2) is 0 Å². The minimum absolute atomic E-state index is 0.0297. The Morgan fingerprint density at radius 1 is 0.735 bits per heavy atom. The average molecular weight is 513 g/mol. The van der Waals surface area contributed by atoms with Crippen LogP contribution < -0.4 is 27.4 Å². The van der Waals surface area contributed by atoms with Gasteiger partial charge in [0.15, 0.2) is 0 Å². The molecule has 0 unspecified atom stereocenters. The van der Waals surface area contributed by atoms with Crippen molar-refractivity contribution in [3.8, 4) is 0 Å². The summed E-state index contributed by atoms with van der Waals surface area (Å²) in [6.07, 6.45) is 0. The smallest absolute Gasteiger partial charge is 0.296 e. The van der Waals surface area contributed by atoms with Crippen LogP contribution in [0.4, 0.5) is 40.6 Å². The van der Waals surface area contributed by atoms with Gasteiger partial charge in [0.2, 0.25) is 17.8 Å². The molecule has 2 aromatic carbocycles. The molecule has 17 heteroatoms. The Kier molecular flexibility index (Phi) is 7.03. The normalized spacial score (nSPS) is 11.7. The van der Waals surface area contributed by atoms with Gasteiger partial charge < -0.3 is 32.5 Å². The van der Waals surface area contributed by atoms with Gasteiger partial charge in [-0.2, -0.15) is 31.8 Å². The van der Waals surface area contributed by atoms with Crippen LogP contribution in [0.25, 0.3) is 0 Å². The number of hydrogen-bond acceptors (Lipinski definition) is 13. The Morgan fingerprint density at radius 2 is 1.26 bits per heavy atom. The van der Waals surface area contributed by atoms with Gasteiger partial charge in [-0.05, 0) is 36.4 Å². The van der Waals surface area contributed by atoms with E-state index in [9.17, 15) is 25.9 Å². The fourth-order valence-corrected chi connectivity index (χ4v) is 3.93. The molecule has 0 aliphatic heterocycles. The van der Waals surface area contributed by atoms with E-state index in [-0.39, 0.29) is 53.7 Å². The summed E-state index contributed by atoms with van der Waals surface area (Å²) in [6, 6.07) is 7.40. The molecule has 0 spiro atoms. The summed E-state index contributed by atoms with van der Waals surface area (Å²) < 4.78 is 64.1. The van der Waals surface area contributed by atoms with Crippen LogP contribution >= 0.6 is 0 Å². The first-order valence-electron chi connectivity index (χ1n) is 9.25. The molecule has 0 radical (unpaired) electrons. The van der Waals surface area contributed by atoms with Crippen LogP contribution in [0.2, 0.25) is 0 Å². The first-order valence-corrected chi connectivity index (χ1v) is 12.1. The number of nitrogen functional groups attached to an aromatic ring is 2. The van der Waals surface area contributed by atoms with E-state index in [2.05, 4.69) is 30.9 Å². The molecule has 0 aliphatic rings. The van der Waals surface area contributed by atoms with E-state index in [0.29, 0.717) is 0 Å². The van der Waals surface area contributed by atoms with Gasteiger partial charge in [0, 0.05) is 17.9 Å². The van der Waals surface area contributed by atoms with Crippen LogP contribution in [0.3, 0.4) is 0 Å². The monoisotopic (exact) mass is 512 g/mol. The van der Waals surface area contributed by atoms with Gasteiger partial charge in [0.25, 0.3) is 20.2 Å². The number of anilines is 7. The maximum atomic E-state index is 11.5. The molecule has 0 saturated heterocycles. The zero-order valence-electron chi connectivity index (χ0n) is 17.2. The number of aliphatic hydroxyl groups is 1. The molecule has 3 aromatic rings. The molecule has 34 heavy (non-hydrogen) atoms. The highest BCUT2D eigenvalue weighted by Crippen LogP contribution is 2.26. The van der Waals surface area contributed by atoms with E-state index >= 15 is 0 Å². The van der Waals surface area contributed by atoms with Gasteiger partial charge >= 0.3 is 0 Å². The molecular weight excluding hydrogens is 492 g/mol. The number of hydrogen-bond donors (Lipinski definition) is 8. The Morgan fingerprint density at radius 3 is 1.79 bits per heavy atom. The molecule has 1 heterocycles. The molecule has 0 aliphatic carbocycles. The molecule has 182 valence electrons. The fourth-order valence-electron chi connectivity index (χ4n) is 2.69. The van der Waals surface area contributed by atoms with Crippen molar-refractivity contribution in [1.82, 2.24) is 15.0 Å².